The maximum Gasteiger partial charge on any atom is 0.499 e. The lowest BCUT2D eigenvalue weighted by Gasteiger charge is -2.32. The molecule has 0 unspecified atom stereocenters. The quantitative estimate of drug-likeness (QED) is 0.574. The van der Waals surface area contributed by atoms with Gasteiger partial charge in [-0.25, -0.2) is 4.98 Å². The summed E-state index contributed by atoms with van der Waals surface area (Å²) in [5.41, 5.74) is -0.0125. The van der Waals surface area contributed by atoms with Crippen LogP contribution in [0.3, 0.4) is 0 Å². The van der Waals surface area contributed by atoms with Crippen LogP contribution in [0.2, 0.25) is 5.15 Å². The Hall–Kier alpha value is -1.09. The van der Waals surface area contributed by atoms with Crippen LogP contribution in [0.25, 0.3) is 0 Å². The van der Waals surface area contributed by atoms with E-state index in [4.69, 9.17) is 26.2 Å². The molecule has 0 radical (unpaired) electrons. The number of halogens is 1. The smallest absolute Gasteiger partial charge is 0.399 e. The first-order valence-corrected chi connectivity index (χ1v) is 6.06. The van der Waals surface area contributed by atoms with Crippen LogP contribution in [-0.4, -0.2) is 23.3 Å². The third-order valence-electron chi connectivity index (χ3n) is 3.55. The summed E-state index contributed by atoms with van der Waals surface area (Å²) in [6.45, 7) is 7.79. The first kappa shape index (κ1) is 13.3. The van der Waals surface area contributed by atoms with E-state index in [-0.39, 0.29) is 5.15 Å². The summed E-state index contributed by atoms with van der Waals surface area (Å²) in [5.74, 6) is 0. The Morgan fingerprint density at radius 1 is 1.28 bits per heavy atom. The van der Waals surface area contributed by atoms with Crippen LogP contribution >= 0.6 is 11.6 Å². The number of hydrogen-bond donors (Lipinski definition) is 0. The van der Waals surface area contributed by atoms with Crippen molar-refractivity contribution in [2.24, 2.45) is 0 Å². The zero-order valence-electron chi connectivity index (χ0n) is 10.8. The Balaban J connectivity index is 2.45. The number of aromatic nitrogens is 1. The molecule has 2 rings (SSSR count). The highest BCUT2D eigenvalue weighted by atomic mass is 35.5. The maximum atomic E-state index is 9.12. The number of nitrogens with zero attached hydrogens (tertiary/aromatic N) is 2. The van der Waals surface area contributed by atoms with Crippen molar-refractivity contribution in [3.8, 4) is 6.07 Å². The van der Waals surface area contributed by atoms with Crippen LogP contribution in [0.1, 0.15) is 33.3 Å². The molecule has 18 heavy (non-hydrogen) atoms. The van der Waals surface area contributed by atoms with Gasteiger partial charge in [-0.2, -0.15) is 5.26 Å². The normalized spacial score (nSPS) is 20.8. The van der Waals surface area contributed by atoms with Crippen molar-refractivity contribution < 1.29 is 9.31 Å². The molecular formula is C12H14BClN2O2. The summed E-state index contributed by atoms with van der Waals surface area (Å²) in [7, 11) is -0.661. The van der Waals surface area contributed by atoms with E-state index in [1.54, 1.807) is 6.07 Å². The van der Waals surface area contributed by atoms with Gasteiger partial charge in [0.25, 0.3) is 0 Å². The molecule has 94 valence electrons. The highest BCUT2D eigenvalue weighted by Crippen LogP contribution is 2.37. The fourth-order valence-corrected chi connectivity index (χ4v) is 1.98. The molecule has 4 nitrogen and oxygen atoms in total. The molecule has 0 spiro atoms. The Morgan fingerprint density at radius 2 is 1.83 bits per heavy atom. The predicted octanol–water partition coefficient (Wildman–Crippen LogP) is 1.91. The molecular weight excluding hydrogens is 250 g/mol. The first-order chi connectivity index (χ1) is 8.28. The molecule has 0 saturated carbocycles. The van der Waals surface area contributed by atoms with Crippen molar-refractivity contribution in [2.45, 2.75) is 38.9 Å². The summed E-state index contributed by atoms with van der Waals surface area (Å²) in [4.78, 5) is 3.98. The van der Waals surface area contributed by atoms with Crippen LogP contribution in [0.4, 0.5) is 0 Å². The summed E-state index contributed by atoms with van der Waals surface area (Å²) in [6, 6.07) is 3.69. The van der Waals surface area contributed by atoms with E-state index in [9.17, 15) is 0 Å². The van der Waals surface area contributed by atoms with Crippen molar-refractivity contribution in [1.29, 1.82) is 5.26 Å². The molecule has 1 aromatic rings. The van der Waals surface area contributed by atoms with Crippen LogP contribution in [0.15, 0.2) is 12.3 Å². The lowest BCUT2D eigenvalue weighted by molar-refractivity contribution is 0.00578. The third kappa shape index (κ3) is 2.01. The van der Waals surface area contributed by atoms with E-state index in [0.717, 1.165) is 0 Å². The first-order valence-electron chi connectivity index (χ1n) is 5.68. The Kier molecular flexibility index (Phi) is 3.14. The van der Waals surface area contributed by atoms with Crippen LogP contribution < -0.4 is 5.46 Å². The van der Waals surface area contributed by atoms with Crippen molar-refractivity contribution in [2.75, 3.05) is 0 Å². The molecule has 1 aliphatic heterocycles. The predicted molar refractivity (Wildman–Crippen MR) is 69.7 cm³/mol. The Morgan fingerprint density at radius 3 is 2.33 bits per heavy atom. The van der Waals surface area contributed by atoms with Gasteiger partial charge in [-0.3, -0.25) is 0 Å². The van der Waals surface area contributed by atoms with Crippen LogP contribution in [-0.2, 0) is 9.31 Å². The monoisotopic (exact) mass is 264 g/mol. The molecule has 1 fully saturated rings. The summed E-state index contributed by atoms with van der Waals surface area (Å²) in [6.07, 6.45) is 1.50. The van der Waals surface area contributed by atoms with Crippen molar-refractivity contribution in [3.05, 3.63) is 23.0 Å². The van der Waals surface area contributed by atoms with E-state index in [0.29, 0.717) is 11.0 Å². The molecule has 1 aromatic heterocycles. The van der Waals surface area contributed by atoms with Crippen LogP contribution in [0.5, 0.6) is 0 Å². The summed E-state index contributed by atoms with van der Waals surface area (Å²) >= 11 is 6.05. The molecule has 0 atom stereocenters. The van der Waals surface area contributed by atoms with Gasteiger partial charge in [-0.1, -0.05) is 11.6 Å². The number of pyridine rings is 1. The lowest BCUT2D eigenvalue weighted by atomic mass is 9.77. The van der Waals surface area contributed by atoms with Gasteiger partial charge in [-0.15, -0.1) is 0 Å². The van der Waals surface area contributed by atoms with Crippen molar-refractivity contribution in [3.63, 3.8) is 0 Å². The minimum Gasteiger partial charge on any atom is -0.399 e. The number of hydrogen-bond acceptors (Lipinski definition) is 4. The van der Waals surface area contributed by atoms with Gasteiger partial charge in [0.1, 0.15) is 5.15 Å². The van der Waals surface area contributed by atoms with E-state index in [1.165, 1.54) is 6.20 Å². The molecule has 0 amide bonds. The maximum absolute atomic E-state index is 9.12. The van der Waals surface area contributed by atoms with Gasteiger partial charge < -0.3 is 9.31 Å². The molecule has 0 aliphatic carbocycles. The van der Waals surface area contributed by atoms with Gasteiger partial charge in [-0.05, 0) is 33.8 Å². The molecule has 0 N–H and O–H groups in total. The fourth-order valence-electron chi connectivity index (χ4n) is 1.73. The number of nitriles is 1. The van der Waals surface area contributed by atoms with Gasteiger partial charge in [0, 0.05) is 11.7 Å². The molecule has 1 saturated heterocycles. The van der Waals surface area contributed by atoms with Crippen molar-refractivity contribution in [1.82, 2.24) is 4.98 Å². The van der Waals surface area contributed by atoms with E-state index >= 15 is 0 Å². The molecule has 0 bridgehead atoms. The number of rotatable bonds is 1. The average Bonchev–Trinajstić information content (AvgIpc) is 2.47. The molecule has 6 heteroatoms. The summed E-state index contributed by atoms with van der Waals surface area (Å²) < 4.78 is 11.8. The highest BCUT2D eigenvalue weighted by Gasteiger charge is 2.53. The van der Waals surface area contributed by atoms with E-state index < -0.39 is 18.3 Å². The van der Waals surface area contributed by atoms with E-state index in [2.05, 4.69) is 11.1 Å². The van der Waals surface area contributed by atoms with Crippen LogP contribution in [0, 0.1) is 11.3 Å². The third-order valence-corrected chi connectivity index (χ3v) is 3.85. The Bertz CT molecular complexity index is 509. The van der Waals surface area contributed by atoms with Crippen molar-refractivity contribution >= 4 is 24.2 Å². The lowest BCUT2D eigenvalue weighted by Crippen LogP contribution is -2.41. The SMILES string of the molecule is CC1(C)OB(c2c(C#N)ccnc2Cl)OC1(C)C. The van der Waals surface area contributed by atoms with Gasteiger partial charge >= 0.3 is 7.12 Å². The van der Waals surface area contributed by atoms with Gasteiger partial charge in [0.2, 0.25) is 0 Å². The second kappa shape index (κ2) is 4.23. The molecule has 1 aliphatic rings. The van der Waals surface area contributed by atoms with Gasteiger partial charge in [0.05, 0.1) is 22.8 Å². The van der Waals surface area contributed by atoms with Gasteiger partial charge in [0.15, 0.2) is 0 Å². The topological polar surface area (TPSA) is 55.1 Å². The summed E-state index contributed by atoms with van der Waals surface area (Å²) in [5, 5.41) is 9.36. The zero-order chi connectivity index (χ0) is 13.6. The second-order valence-corrected chi connectivity index (χ2v) is 5.62. The van der Waals surface area contributed by atoms with E-state index in [1.807, 2.05) is 27.7 Å². The minimum atomic E-state index is -0.661. The average molecular weight is 265 g/mol. The molecule has 0 aromatic carbocycles. The second-order valence-electron chi connectivity index (χ2n) is 5.26. The standard InChI is InChI=1S/C12H14BClN2O2/c1-11(2)12(3,4)18-13(17-11)9-8(7-15)5-6-16-10(9)14/h5-6H,1-4H3. The zero-order valence-corrected chi connectivity index (χ0v) is 11.6. The molecule has 2 heterocycles. The Labute approximate surface area is 112 Å². The fraction of sp³-hybridized carbons (Fsp3) is 0.500. The minimum absolute atomic E-state index is 0.243. The highest BCUT2D eigenvalue weighted by molar-refractivity contribution is 6.66. The largest absolute Gasteiger partial charge is 0.499 e.